The van der Waals surface area contributed by atoms with Crippen LogP contribution in [0.4, 0.5) is 0 Å². The van der Waals surface area contributed by atoms with Crippen LogP contribution in [0.2, 0.25) is 0 Å². The second-order valence-corrected chi connectivity index (χ2v) is 14.6. The topological polar surface area (TPSA) is 53.5 Å². The molecule has 1 radical (unpaired) electrons. The summed E-state index contributed by atoms with van der Waals surface area (Å²) in [5.41, 5.74) is 24.9. The van der Waals surface area contributed by atoms with Crippen molar-refractivity contribution in [2.24, 2.45) is 0 Å². The van der Waals surface area contributed by atoms with E-state index >= 15 is 0 Å². The molecule has 0 unspecified atom stereocenters. The van der Waals surface area contributed by atoms with Crippen molar-refractivity contribution in [3.63, 3.8) is 0 Å². The van der Waals surface area contributed by atoms with Gasteiger partial charge < -0.3 is 13.8 Å². The first kappa shape index (κ1) is 38.2. The molecule has 0 fully saturated rings. The van der Waals surface area contributed by atoms with Gasteiger partial charge in [-0.15, -0.1) is 0 Å². The van der Waals surface area contributed by atoms with Crippen molar-refractivity contribution in [1.82, 2.24) is 29.1 Å². The number of aromatic nitrogens is 6. The predicted octanol–water partition coefficient (Wildman–Crippen LogP) is 6.84. The molecule has 0 N–H and O–H groups in total. The van der Waals surface area contributed by atoms with E-state index in [1.165, 1.54) is 83.5 Å². The quantitative estimate of drug-likeness (QED) is 0.180. The molecule has 50 heavy (non-hydrogen) atoms. The van der Waals surface area contributed by atoms with E-state index in [0.717, 1.165) is 34.2 Å². The predicted molar refractivity (Wildman–Crippen MR) is 206 cm³/mol. The van der Waals surface area contributed by atoms with E-state index in [1.807, 2.05) is 0 Å². The average molecular weight is 690 g/mol. The van der Waals surface area contributed by atoms with Gasteiger partial charge in [-0.1, -0.05) is 53.1 Å². The van der Waals surface area contributed by atoms with Gasteiger partial charge in [0.1, 0.15) is 0 Å². The van der Waals surface area contributed by atoms with E-state index in [4.69, 9.17) is 15.3 Å². The van der Waals surface area contributed by atoms with Crippen LogP contribution in [0.1, 0.15) is 84.2 Å². The number of benzene rings is 3. The van der Waals surface area contributed by atoms with Crippen LogP contribution < -0.4 is 51.4 Å². The van der Waals surface area contributed by atoms with Crippen molar-refractivity contribution in [1.29, 1.82) is 0 Å². The maximum Gasteiger partial charge on any atom is 1.00 e. The van der Waals surface area contributed by atoms with E-state index in [9.17, 15) is 0 Å². The van der Waals surface area contributed by atoms with Crippen LogP contribution in [0, 0.1) is 104 Å². The van der Waals surface area contributed by atoms with Gasteiger partial charge in [0.05, 0.1) is 17.1 Å². The molecule has 0 saturated heterocycles. The second-order valence-electron chi connectivity index (χ2n) is 14.6. The standard InChI is InChI=1S/C42H51BN6.K/c1-22-16-25(4)37(26(5)17-22)40-31(10)44-47(34(40)13)43(48-35(14)41(32(11)45-48)38-27(6)18-23(2)19-28(38)7)49-36(15)42(33(12)46-49)39-29(8)20-24(3)21-30(39)9;/h16-21H,1-15H3;/q-1;+1. The molecule has 6 aromatic rings. The molecule has 0 amide bonds. The fourth-order valence-electron chi connectivity index (χ4n) is 8.78. The summed E-state index contributed by atoms with van der Waals surface area (Å²) in [6.07, 6.45) is 0. The fraction of sp³-hybridized carbons (Fsp3) is 0.357. The van der Waals surface area contributed by atoms with Gasteiger partial charge in [0, 0.05) is 33.8 Å². The van der Waals surface area contributed by atoms with Gasteiger partial charge in [0.15, 0.2) is 0 Å². The molecule has 0 aliphatic carbocycles. The molecule has 3 heterocycles. The maximum atomic E-state index is 5.34. The molecular weight excluding hydrogens is 638 g/mol. The molecule has 0 atom stereocenters. The molecule has 0 saturated carbocycles. The number of nitrogens with zero attached hydrogens (tertiary/aromatic N) is 6. The van der Waals surface area contributed by atoms with Gasteiger partial charge in [0.25, 0.3) is 7.12 Å². The third-order valence-corrected chi connectivity index (χ3v) is 10.4. The Labute approximate surface area is 342 Å². The van der Waals surface area contributed by atoms with Gasteiger partial charge in [-0.3, -0.25) is 0 Å². The van der Waals surface area contributed by atoms with E-state index < -0.39 is 7.12 Å². The van der Waals surface area contributed by atoms with Crippen LogP contribution in [-0.4, -0.2) is 36.2 Å². The van der Waals surface area contributed by atoms with Gasteiger partial charge in [-0.05, 0) is 154 Å². The summed E-state index contributed by atoms with van der Waals surface area (Å²) >= 11 is 0. The molecule has 6 nitrogen and oxygen atoms in total. The summed E-state index contributed by atoms with van der Waals surface area (Å²) in [5, 5.41) is 16.0. The summed E-state index contributed by atoms with van der Waals surface area (Å²) in [5.74, 6) is 0. The molecule has 0 bridgehead atoms. The van der Waals surface area contributed by atoms with E-state index in [0.29, 0.717) is 0 Å². The zero-order valence-corrected chi connectivity index (χ0v) is 36.3. The minimum absolute atomic E-state index is 0. The molecule has 3 aromatic heterocycles. The summed E-state index contributed by atoms with van der Waals surface area (Å²) in [6, 6.07) is 13.6. The smallest absolute Gasteiger partial charge is 0.422 e. The van der Waals surface area contributed by atoms with Crippen molar-refractivity contribution in [2.75, 3.05) is 0 Å². The van der Waals surface area contributed by atoms with Crippen LogP contribution in [0.5, 0.6) is 0 Å². The van der Waals surface area contributed by atoms with E-state index in [1.54, 1.807) is 0 Å². The molecule has 0 aliphatic heterocycles. The van der Waals surface area contributed by atoms with Gasteiger partial charge in [-0.2, -0.15) is 0 Å². The Morgan fingerprint density at radius 2 is 0.540 bits per heavy atom. The minimum Gasteiger partial charge on any atom is -0.422 e. The number of aryl methyl sites for hydroxylation is 12. The second kappa shape index (κ2) is 14.2. The number of rotatable bonds is 6. The Morgan fingerprint density at radius 1 is 0.340 bits per heavy atom. The molecule has 0 spiro atoms. The zero-order valence-electron chi connectivity index (χ0n) is 33.2. The average Bonchev–Trinajstić information content (AvgIpc) is 3.54. The summed E-state index contributed by atoms with van der Waals surface area (Å²) < 4.78 is 6.46. The van der Waals surface area contributed by atoms with E-state index in [-0.39, 0.29) is 51.4 Å². The Bertz CT molecular complexity index is 1970. The normalized spacial score (nSPS) is 11.5. The minimum atomic E-state index is -0.462. The Morgan fingerprint density at radius 3 is 0.740 bits per heavy atom. The van der Waals surface area contributed by atoms with Gasteiger partial charge in [-0.25, -0.2) is 15.3 Å². The van der Waals surface area contributed by atoms with Crippen LogP contribution in [0.25, 0.3) is 33.4 Å². The first-order valence-corrected chi connectivity index (χ1v) is 17.4. The van der Waals surface area contributed by atoms with Crippen molar-refractivity contribution < 1.29 is 51.4 Å². The van der Waals surface area contributed by atoms with E-state index in [2.05, 4.69) is 154 Å². The molecular formula is C42H51BKN6. The third-order valence-electron chi connectivity index (χ3n) is 10.4. The van der Waals surface area contributed by atoms with Crippen molar-refractivity contribution in [3.05, 3.63) is 121 Å². The monoisotopic (exact) mass is 689 g/mol. The first-order chi connectivity index (χ1) is 23.0. The Hall–Kier alpha value is -3.01. The summed E-state index contributed by atoms with van der Waals surface area (Å²) in [4.78, 5) is 0. The van der Waals surface area contributed by atoms with Crippen molar-refractivity contribution >= 4 is 7.12 Å². The SMILES string of the molecule is Cc1cc(C)c(-c2c(C)nn([B-](n3nc(C)c(-c4c(C)cc(C)cc4C)c3C)n3nc(C)c(-c4c(C)cc(C)cc4C)c3C)c2C)c(C)c1.[K+]. The molecule has 3 aromatic carbocycles. The number of hydrogen-bond donors (Lipinski definition) is 0. The Kier molecular flexibility index (Phi) is 10.9. The Balaban J connectivity index is 0.00000486. The van der Waals surface area contributed by atoms with Crippen LogP contribution in [0.15, 0.2) is 36.4 Å². The summed E-state index contributed by atoms with van der Waals surface area (Å²) in [7, 11) is -0.462. The number of hydrogen-bond acceptors (Lipinski definition) is 3. The summed E-state index contributed by atoms with van der Waals surface area (Å²) in [6.45, 7) is 32.7. The first-order valence-electron chi connectivity index (χ1n) is 17.4. The van der Waals surface area contributed by atoms with Crippen LogP contribution in [-0.2, 0) is 0 Å². The van der Waals surface area contributed by atoms with Crippen molar-refractivity contribution in [3.8, 4) is 33.4 Å². The molecule has 253 valence electrons. The maximum absolute atomic E-state index is 5.34. The van der Waals surface area contributed by atoms with Crippen LogP contribution >= 0.6 is 0 Å². The largest absolute Gasteiger partial charge is 1.00 e. The molecule has 6 rings (SSSR count). The van der Waals surface area contributed by atoms with Gasteiger partial charge >= 0.3 is 51.4 Å². The zero-order chi connectivity index (χ0) is 35.8. The molecule has 8 heteroatoms. The molecule has 0 aliphatic rings. The van der Waals surface area contributed by atoms with Crippen LogP contribution in [0.3, 0.4) is 0 Å². The third kappa shape index (κ3) is 6.36. The fourth-order valence-corrected chi connectivity index (χ4v) is 8.78. The van der Waals surface area contributed by atoms with Gasteiger partial charge in [0.2, 0.25) is 0 Å². The van der Waals surface area contributed by atoms with Crippen molar-refractivity contribution in [2.45, 2.75) is 104 Å².